The Morgan fingerprint density at radius 1 is 1.21 bits per heavy atom. The van der Waals surface area contributed by atoms with Crippen LogP contribution in [0, 0.1) is 10.1 Å². The first kappa shape index (κ1) is 21.3. The number of hydrogen-bond acceptors (Lipinski definition) is 6. The van der Waals surface area contributed by atoms with Crippen molar-refractivity contribution in [2.75, 3.05) is 0 Å². The first-order chi connectivity index (χ1) is 13.6. The fourth-order valence-electron chi connectivity index (χ4n) is 2.73. The second-order valence-corrected chi connectivity index (χ2v) is 6.54. The van der Waals surface area contributed by atoms with E-state index in [0.717, 1.165) is 25.7 Å². The average Bonchev–Trinajstić information content (AvgIpc) is 3.17. The average molecular weight is 386 g/mol. The van der Waals surface area contributed by atoms with Gasteiger partial charge < -0.3 is 4.74 Å². The van der Waals surface area contributed by atoms with Crippen molar-refractivity contribution >= 4 is 11.7 Å². The Morgan fingerprint density at radius 3 is 2.71 bits per heavy atom. The van der Waals surface area contributed by atoms with Crippen LogP contribution in [0.2, 0.25) is 0 Å². The van der Waals surface area contributed by atoms with Gasteiger partial charge in [-0.2, -0.15) is 0 Å². The molecule has 0 aliphatic carbocycles. The standard InChI is InChI=1S/C20H26N4O4/c1-2-3-4-5-6-7-8-9-13-20(25)28-16-17-15-23(22-21-17)18-11-10-12-19(14-18)24(26)27/h2,10-12,14-15H,1,3-9,13,16H2. The van der Waals surface area contributed by atoms with Crippen LogP contribution in [0.5, 0.6) is 0 Å². The summed E-state index contributed by atoms with van der Waals surface area (Å²) in [6.07, 6.45) is 11.5. The van der Waals surface area contributed by atoms with E-state index >= 15 is 0 Å². The normalized spacial score (nSPS) is 10.6. The molecule has 0 aliphatic heterocycles. The van der Waals surface area contributed by atoms with Crippen molar-refractivity contribution in [2.24, 2.45) is 0 Å². The minimum absolute atomic E-state index is 0.0262. The van der Waals surface area contributed by atoms with Crippen molar-refractivity contribution < 1.29 is 14.5 Å². The van der Waals surface area contributed by atoms with Gasteiger partial charge in [-0.25, -0.2) is 4.68 Å². The molecule has 0 atom stereocenters. The first-order valence-electron chi connectivity index (χ1n) is 9.52. The molecule has 0 fully saturated rings. The summed E-state index contributed by atoms with van der Waals surface area (Å²) in [7, 11) is 0. The van der Waals surface area contributed by atoms with Crippen LogP contribution in [0.1, 0.15) is 57.1 Å². The summed E-state index contributed by atoms with van der Waals surface area (Å²) >= 11 is 0. The molecule has 2 rings (SSSR count). The number of ether oxygens (including phenoxy) is 1. The number of allylic oxidation sites excluding steroid dienone is 1. The van der Waals surface area contributed by atoms with E-state index in [1.54, 1.807) is 18.3 Å². The van der Waals surface area contributed by atoms with E-state index in [0.29, 0.717) is 17.8 Å². The SMILES string of the molecule is C=CCCCCCCCCC(=O)OCc1cn(-c2cccc([N+](=O)[O-])c2)nn1. The molecule has 0 unspecified atom stereocenters. The van der Waals surface area contributed by atoms with E-state index in [9.17, 15) is 14.9 Å². The number of nitro benzene ring substituents is 1. The highest BCUT2D eigenvalue weighted by atomic mass is 16.6. The van der Waals surface area contributed by atoms with Crippen LogP contribution in [0.15, 0.2) is 43.1 Å². The van der Waals surface area contributed by atoms with Gasteiger partial charge in [0.25, 0.3) is 5.69 Å². The van der Waals surface area contributed by atoms with Crippen molar-refractivity contribution in [3.8, 4) is 5.69 Å². The Kier molecular flexibility index (Phi) is 8.84. The lowest BCUT2D eigenvalue weighted by Gasteiger charge is -2.03. The minimum Gasteiger partial charge on any atom is -0.459 e. The molecule has 1 aromatic carbocycles. The van der Waals surface area contributed by atoms with Gasteiger partial charge in [0.15, 0.2) is 0 Å². The fourth-order valence-corrected chi connectivity index (χ4v) is 2.73. The molecule has 1 aromatic heterocycles. The number of nitrogens with zero attached hydrogens (tertiary/aromatic N) is 4. The van der Waals surface area contributed by atoms with Crippen LogP contribution in [0.4, 0.5) is 5.69 Å². The molecule has 150 valence electrons. The Hall–Kier alpha value is -3.03. The number of benzene rings is 1. The van der Waals surface area contributed by atoms with Gasteiger partial charge in [0.1, 0.15) is 12.3 Å². The minimum atomic E-state index is -0.468. The quantitative estimate of drug-likeness (QED) is 0.165. The lowest BCUT2D eigenvalue weighted by atomic mass is 10.1. The fraction of sp³-hybridized carbons (Fsp3) is 0.450. The third-order valence-corrected chi connectivity index (χ3v) is 4.27. The zero-order chi connectivity index (χ0) is 20.2. The van der Waals surface area contributed by atoms with Crippen molar-refractivity contribution in [2.45, 2.75) is 58.0 Å². The summed E-state index contributed by atoms with van der Waals surface area (Å²) in [5.74, 6) is -0.253. The molecule has 0 bridgehead atoms. The molecule has 0 radical (unpaired) electrons. The van der Waals surface area contributed by atoms with Crippen LogP contribution < -0.4 is 0 Å². The zero-order valence-electron chi connectivity index (χ0n) is 16.0. The van der Waals surface area contributed by atoms with Crippen LogP contribution >= 0.6 is 0 Å². The van der Waals surface area contributed by atoms with Crippen LogP contribution in [0.3, 0.4) is 0 Å². The molecule has 28 heavy (non-hydrogen) atoms. The number of unbranched alkanes of at least 4 members (excludes halogenated alkanes) is 6. The number of non-ortho nitro benzene ring substituents is 1. The highest BCUT2D eigenvalue weighted by Gasteiger charge is 2.10. The molecule has 8 heteroatoms. The maximum Gasteiger partial charge on any atom is 0.306 e. The smallest absolute Gasteiger partial charge is 0.306 e. The Balaban J connectivity index is 1.68. The Labute approximate surface area is 164 Å². The monoisotopic (exact) mass is 386 g/mol. The van der Waals surface area contributed by atoms with E-state index < -0.39 is 4.92 Å². The van der Waals surface area contributed by atoms with Crippen LogP contribution in [-0.2, 0) is 16.1 Å². The van der Waals surface area contributed by atoms with E-state index in [1.165, 1.54) is 36.1 Å². The van der Waals surface area contributed by atoms with Crippen molar-refractivity contribution in [1.29, 1.82) is 0 Å². The number of carbonyl (C=O) groups excluding carboxylic acids is 1. The number of hydrogen-bond donors (Lipinski definition) is 0. The van der Waals surface area contributed by atoms with Crippen molar-refractivity contribution in [3.63, 3.8) is 0 Å². The number of nitro groups is 1. The summed E-state index contributed by atoms with van der Waals surface area (Å²) in [4.78, 5) is 22.2. The van der Waals surface area contributed by atoms with Crippen LogP contribution in [0.25, 0.3) is 5.69 Å². The third-order valence-electron chi connectivity index (χ3n) is 4.27. The maximum absolute atomic E-state index is 11.8. The summed E-state index contributed by atoms with van der Waals surface area (Å²) in [6.45, 7) is 3.74. The molecule has 0 N–H and O–H groups in total. The molecule has 0 amide bonds. The van der Waals surface area contributed by atoms with E-state index in [-0.39, 0.29) is 18.3 Å². The maximum atomic E-state index is 11.8. The molecule has 0 saturated carbocycles. The molecule has 2 aromatic rings. The summed E-state index contributed by atoms with van der Waals surface area (Å²) < 4.78 is 6.64. The molecular formula is C20H26N4O4. The summed E-state index contributed by atoms with van der Waals surface area (Å²) in [5, 5.41) is 18.7. The molecule has 1 heterocycles. The number of aromatic nitrogens is 3. The van der Waals surface area contributed by atoms with E-state index in [2.05, 4.69) is 16.9 Å². The first-order valence-corrected chi connectivity index (χ1v) is 9.52. The molecule has 0 saturated heterocycles. The number of carbonyl (C=O) groups is 1. The molecular weight excluding hydrogens is 360 g/mol. The second kappa shape index (κ2) is 11.6. The second-order valence-electron chi connectivity index (χ2n) is 6.54. The van der Waals surface area contributed by atoms with Gasteiger partial charge in [-0.1, -0.05) is 43.0 Å². The highest BCUT2D eigenvalue weighted by molar-refractivity contribution is 5.69. The van der Waals surface area contributed by atoms with Gasteiger partial charge in [0, 0.05) is 18.6 Å². The predicted molar refractivity (Wildman–Crippen MR) is 105 cm³/mol. The van der Waals surface area contributed by atoms with Crippen molar-refractivity contribution in [1.82, 2.24) is 15.0 Å². The number of esters is 1. The number of rotatable bonds is 13. The lowest BCUT2D eigenvalue weighted by molar-refractivity contribution is -0.384. The zero-order valence-corrected chi connectivity index (χ0v) is 16.0. The van der Waals surface area contributed by atoms with Gasteiger partial charge in [0.2, 0.25) is 0 Å². The predicted octanol–water partition coefficient (Wildman–Crippen LogP) is 4.53. The van der Waals surface area contributed by atoms with Gasteiger partial charge in [-0.05, 0) is 25.3 Å². The van der Waals surface area contributed by atoms with Crippen LogP contribution in [-0.4, -0.2) is 25.9 Å². The Bertz CT molecular complexity index is 788. The van der Waals surface area contributed by atoms with Gasteiger partial charge in [-0.15, -0.1) is 11.7 Å². The molecule has 0 aliphatic rings. The van der Waals surface area contributed by atoms with Gasteiger partial charge in [0.05, 0.1) is 16.8 Å². The Morgan fingerprint density at radius 2 is 1.96 bits per heavy atom. The van der Waals surface area contributed by atoms with Gasteiger partial charge in [-0.3, -0.25) is 14.9 Å². The summed E-state index contributed by atoms with van der Waals surface area (Å²) in [5.41, 5.74) is 0.983. The van der Waals surface area contributed by atoms with E-state index in [4.69, 9.17) is 4.74 Å². The summed E-state index contributed by atoms with van der Waals surface area (Å²) in [6, 6.07) is 6.08. The molecule has 8 nitrogen and oxygen atoms in total. The topological polar surface area (TPSA) is 100 Å². The van der Waals surface area contributed by atoms with Gasteiger partial charge >= 0.3 is 5.97 Å². The third kappa shape index (κ3) is 7.30. The largest absolute Gasteiger partial charge is 0.459 e. The molecule has 0 spiro atoms. The lowest BCUT2D eigenvalue weighted by Crippen LogP contribution is -2.04. The van der Waals surface area contributed by atoms with E-state index in [1.807, 2.05) is 6.08 Å². The highest BCUT2D eigenvalue weighted by Crippen LogP contribution is 2.16. The van der Waals surface area contributed by atoms with Crippen molar-refractivity contribution in [3.05, 3.63) is 58.9 Å².